The molecule has 0 aliphatic heterocycles. The van der Waals surface area contributed by atoms with Gasteiger partial charge in [0.05, 0.1) is 12.1 Å². The van der Waals surface area contributed by atoms with Crippen molar-refractivity contribution in [3.63, 3.8) is 0 Å². The van der Waals surface area contributed by atoms with Gasteiger partial charge >= 0.3 is 0 Å². The van der Waals surface area contributed by atoms with Crippen LogP contribution in [-0.4, -0.2) is 29.7 Å². The molecule has 25 heavy (non-hydrogen) atoms. The molecule has 0 heterocycles. The molecule has 1 amide bonds. The number of nitrogens with two attached hydrogens (primary N) is 2. The quantitative estimate of drug-likeness (QED) is 0.534. The fourth-order valence-electron chi connectivity index (χ4n) is 3.33. The van der Waals surface area contributed by atoms with E-state index < -0.39 is 0 Å². The van der Waals surface area contributed by atoms with Crippen molar-refractivity contribution in [2.75, 3.05) is 0 Å². The van der Waals surface area contributed by atoms with E-state index in [1.165, 1.54) is 12.5 Å². The molecule has 6 heteroatoms. The summed E-state index contributed by atoms with van der Waals surface area (Å²) in [7, 11) is 0. The Labute approximate surface area is 148 Å². The SMILES string of the molecule is CC(=O)N[C@@H]1[C@@H](N=C(N)N)CC(C(C)=O)=C[C@H]1CCc1ccccc1. The van der Waals surface area contributed by atoms with E-state index in [1.807, 2.05) is 24.3 Å². The lowest BCUT2D eigenvalue weighted by Crippen LogP contribution is -2.50. The van der Waals surface area contributed by atoms with E-state index in [9.17, 15) is 9.59 Å². The van der Waals surface area contributed by atoms with Crippen LogP contribution in [0.3, 0.4) is 0 Å². The van der Waals surface area contributed by atoms with E-state index >= 15 is 0 Å². The van der Waals surface area contributed by atoms with Gasteiger partial charge in [0.2, 0.25) is 5.91 Å². The first-order valence-electron chi connectivity index (χ1n) is 8.48. The fraction of sp³-hybridized carbons (Fsp3) is 0.421. The van der Waals surface area contributed by atoms with Crippen molar-refractivity contribution in [1.82, 2.24) is 5.32 Å². The van der Waals surface area contributed by atoms with Gasteiger partial charge in [-0.05, 0) is 30.9 Å². The molecular weight excluding hydrogens is 316 g/mol. The summed E-state index contributed by atoms with van der Waals surface area (Å²) in [6.45, 7) is 3.02. The molecule has 0 aromatic heterocycles. The minimum Gasteiger partial charge on any atom is -0.370 e. The molecule has 0 saturated heterocycles. The normalized spacial score (nSPS) is 22.6. The number of Topliss-reactive ketones (excluding diaryl/α,β-unsaturated/α-hetero) is 1. The second-order valence-electron chi connectivity index (χ2n) is 6.49. The van der Waals surface area contributed by atoms with Gasteiger partial charge in [0.15, 0.2) is 11.7 Å². The molecule has 0 radical (unpaired) electrons. The number of hydrogen-bond donors (Lipinski definition) is 3. The van der Waals surface area contributed by atoms with Gasteiger partial charge in [-0.2, -0.15) is 0 Å². The first kappa shape index (κ1) is 18.7. The minimum atomic E-state index is -0.335. The first-order chi connectivity index (χ1) is 11.9. The minimum absolute atomic E-state index is 0.00939. The Kier molecular flexibility index (Phi) is 6.33. The lowest BCUT2D eigenvalue weighted by Gasteiger charge is -2.35. The first-order valence-corrected chi connectivity index (χ1v) is 8.48. The zero-order valence-electron chi connectivity index (χ0n) is 14.7. The lowest BCUT2D eigenvalue weighted by molar-refractivity contribution is -0.120. The fourth-order valence-corrected chi connectivity index (χ4v) is 3.33. The van der Waals surface area contributed by atoms with Gasteiger partial charge in [0.1, 0.15) is 0 Å². The van der Waals surface area contributed by atoms with Gasteiger partial charge in [0.25, 0.3) is 0 Å². The summed E-state index contributed by atoms with van der Waals surface area (Å²) in [5.41, 5.74) is 13.0. The highest BCUT2D eigenvalue weighted by Gasteiger charge is 2.34. The summed E-state index contributed by atoms with van der Waals surface area (Å²) >= 11 is 0. The third-order valence-corrected chi connectivity index (χ3v) is 4.47. The Morgan fingerprint density at radius 2 is 1.88 bits per heavy atom. The molecule has 134 valence electrons. The maximum Gasteiger partial charge on any atom is 0.217 e. The predicted molar refractivity (Wildman–Crippen MR) is 98.8 cm³/mol. The van der Waals surface area contributed by atoms with Crippen molar-refractivity contribution in [3.05, 3.63) is 47.5 Å². The van der Waals surface area contributed by atoms with Gasteiger partial charge in [-0.3, -0.25) is 9.59 Å². The van der Waals surface area contributed by atoms with Crippen molar-refractivity contribution in [2.24, 2.45) is 22.4 Å². The van der Waals surface area contributed by atoms with Crippen LogP contribution in [0.5, 0.6) is 0 Å². The second kappa shape index (κ2) is 8.46. The van der Waals surface area contributed by atoms with Gasteiger partial charge in [0, 0.05) is 19.3 Å². The van der Waals surface area contributed by atoms with Gasteiger partial charge in [-0.1, -0.05) is 36.4 Å². The van der Waals surface area contributed by atoms with Crippen molar-refractivity contribution in [3.8, 4) is 0 Å². The molecule has 0 fully saturated rings. The molecule has 1 aromatic carbocycles. The van der Waals surface area contributed by atoms with Crippen LogP contribution < -0.4 is 16.8 Å². The second-order valence-corrected chi connectivity index (χ2v) is 6.49. The highest BCUT2D eigenvalue weighted by atomic mass is 16.1. The summed E-state index contributed by atoms with van der Waals surface area (Å²) in [5, 5.41) is 2.97. The monoisotopic (exact) mass is 342 g/mol. The Bertz CT molecular complexity index is 678. The van der Waals surface area contributed by atoms with E-state index in [-0.39, 0.29) is 35.7 Å². The van der Waals surface area contributed by atoms with E-state index in [0.29, 0.717) is 6.42 Å². The van der Waals surface area contributed by atoms with E-state index in [0.717, 1.165) is 18.4 Å². The summed E-state index contributed by atoms with van der Waals surface area (Å²) < 4.78 is 0. The number of aryl methyl sites for hydroxylation is 1. The van der Waals surface area contributed by atoms with Crippen LogP contribution in [0.2, 0.25) is 0 Å². The van der Waals surface area contributed by atoms with Crippen molar-refractivity contribution >= 4 is 17.6 Å². The number of rotatable bonds is 6. The summed E-state index contributed by atoms with van der Waals surface area (Å²) in [5.74, 6) is -0.163. The van der Waals surface area contributed by atoms with Crippen molar-refractivity contribution in [2.45, 2.75) is 45.2 Å². The van der Waals surface area contributed by atoms with Gasteiger partial charge < -0.3 is 16.8 Å². The van der Waals surface area contributed by atoms with Crippen LogP contribution >= 0.6 is 0 Å². The number of amides is 1. The maximum absolute atomic E-state index is 11.9. The third kappa shape index (κ3) is 5.45. The molecule has 1 aromatic rings. The van der Waals surface area contributed by atoms with Crippen LogP contribution in [0.4, 0.5) is 0 Å². The van der Waals surface area contributed by atoms with Gasteiger partial charge in [-0.15, -0.1) is 0 Å². The van der Waals surface area contributed by atoms with Gasteiger partial charge in [-0.25, -0.2) is 4.99 Å². The van der Waals surface area contributed by atoms with Crippen LogP contribution in [0, 0.1) is 5.92 Å². The molecule has 2 rings (SSSR count). The summed E-state index contributed by atoms with van der Waals surface area (Å²) in [6, 6.07) is 9.55. The zero-order valence-corrected chi connectivity index (χ0v) is 14.7. The Morgan fingerprint density at radius 1 is 1.20 bits per heavy atom. The largest absolute Gasteiger partial charge is 0.370 e. The number of guanidine groups is 1. The number of hydrogen-bond acceptors (Lipinski definition) is 3. The Balaban J connectivity index is 2.27. The molecule has 0 spiro atoms. The van der Waals surface area contributed by atoms with E-state index in [2.05, 4.69) is 22.4 Å². The summed E-state index contributed by atoms with van der Waals surface area (Å²) in [4.78, 5) is 27.9. The highest BCUT2D eigenvalue weighted by molar-refractivity contribution is 5.93. The molecule has 1 aliphatic rings. The predicted octanol–water partition coefficient (Wildman–Crippen LogP) is 1.30. The smallest absolute Gasteiger partial charge is 0.217 e. The number of nitrogens with zero attached hydrogens (tertiary/aromatic N) is 1. The number of ketones is 1. The summed E-state index contributed by atoms with van der Waals surface area (Å²) in [6.07, 6.45) is 4.05. The number of benzene rings is 1. The average Bonchev–Trinajstić information content (AvgIpc) is 2.54. The molecule has 5 N–H and O–H groups in total. The van der Waals surface area contributed by atoms with Crippen molar-refractivity contribution in [1.29, 1.82) is 0 Å². The van der Waals surface area contributed by atoms with E-state index in [4.69, 9.17) is 11.5 Å². The molecule has 3 atom stereocenters. The van der Waals surface area contributed by atoms with Crippen LogP contribution in [0.15, 0.2) is 47.0 Å². The number of carbonyl (C=O) groups excluding carboxylic acids is 2. The molecule has 0 unspecified atom stereocenters. The molecular formula is C19H26N4O2. The van der Waals surface area contributed by atoms with Crippen LogP contribution in [0.1, 0.15) is 32.3 Å². The lowest BCUT2D eigenvalue weighted by atomic mass is 9.78. The molecule has 6 nitrogen and oxygen atoms in total. The standard InChI is InChI=1S/C19H26N4O2/c1-12(24)16-10-15(9-8-14-6-4-3-5-7-14)18(22-13(2)25)17(11-16)23-19(20)21/h3-7,10,15,17-18H,8-9,11H2,1-2H3,(H,22,25)(H4,20,21,23)/t15-,17+,18+/m1/s1. The maximum atomic E-state index is 11.9. The average molecular weight is 342 g/mol. The number of carbonyl (C=O) groups is 2. The Morgan fingerprint density at radius 3 is 2.44 bits per heavy atom. The van der Waals surface area contributed by atoms with Crippen LogP contribution in [-0.2, 0) is 16.0 Å². The topological polar surface area (TPSA) is 111 Å². The molecule has 0 bridgehead atoms. The van der Waals surface area contributed by atoms with Crippen LogP contribution in [0.25, 0.3) is 0 Å². The third-order valence-electron chi connectivity index (χ3n) is 4.47. The number of nitrogens with one attached hydrogen (secondary N) is 1. The molecule has 1 aliphatic carbocycles. The number of aliphatic imine (C=N–C) groups is 1. The Hall–Kier alpha value is -2.63. The van der Waals surface area contributed by atoms with Crippen molar-refractivity contribution < 1.29 is 9.59 Å². The molecule has 0 saturated carbocycles. The highest BCUT2D eigenvalue weighted by Crippen LogP contribution is 2.30. The van der Waals surface area contributed by atoms with E-state index in [1.54, 1.807) is 6.92 Å². The zero-order chi connectivity index (χ0) is 18.4.